The van der Waals surface area contributed by atoms with Gasteiger partial charge in [0.25, 0.3) is 0 Å². The van der Waals surface area contributed by atoms with Crippen LogP contribution in [-0.2, 0) is 13.1 Å². The molecule has 0 N–H and O–H groups in total. The summed E-state index contributed by atoms with van der Waals surface area (Å²) in [4.78, 5) is 26.8. The summed E-state index contributed by atoms with van der Waals surface area (Å²) in [6, 6.07) is 6.08. The first-order valence-electron chi connectivity index (χ1n) is 10.4. The number of hydrogen-bond acceptors (Lipinski definition) is 5. The molecular weight excluding hydrogens is 378 g/mol. The van der Waals surface area contributed by atoms with Gasteiger partial charge < -0.3 is 4.57 Å². The Labute approximate surface area is 173 Å². The van der Waals surface area contributed by atoms with Gasteiger partial charge in [0.2, 0.25) is 0 Å². The van der Waals surface area contributed by atoms with E-state index in [0.29, 0.717) is 23.5 Å². The topological polar surface area (TPSA) is 94.3 Å². The Morgan fingerprint density at radius 2 is 2.07 bits per heavy atom. The first kappa shape index (κ1) is 18.6. The van der Waals surface area contributed by atoms with Crippen molar-refractivity contribution in [2.45, 2.75) is 52.2 Å². The van der Waals surface area contributed by atoms with Crippen molar-refractivity contribution in [1.29, 1.82) is 5.26 Å². The van der Waals surface area contributed by atoms with Crippen molar-refractivity contribution in [3.63, 3.8) is 0 Å². The van der Waals surface area contributed by atoms with E-state index in [0.717, 1.165) is 48.3 Å². The SMILES string of the molecule is CC(C)CCn1c(Cn2c(=O)n(C3CC3)c3ccncc32)nc2cc(C#N)cnc21. The van der Waals surface area contributed by atoms with E-state index in [-0.39, 0.29) is 11.7 Å². The van der Waals surface area contributed by atoms with E-state index in [1.807, 2.05) is 10.6 Å². The number of aromatic nitrogens is 6. The minimum Gasteiger partial charge on any atom is -0.311 e. The summed E-state index contributed by atoms with van der Waals surface area (Å²) in [6.07, 6.45) is 8.11. The molecule has 0 atom stereocenters. The number of hydrogen-bond donors (Lipinski definition) is 0. The fourth-order valence-electron chi connectivity index (χ4n) is 3.97. The maximum absolute atomic E-state index is 13.3. The van der Waals surface area contributed by atoms with Crippen LogP contribution in [0.5, 0.6) is 0 Å². The third-order valence-electron chi connectivity index (χ3n) is 5.70. The average molecular weight is 401 g/mol. The van der Waals surface area contributed by atoms with E-state index in [2.05, 4.69) is 34.5 Å². The molecule has 0 spiro atoms. The predicted octanol–water partition coefficient (Wildman–Crippen LogP) is 3.24. The Hall–Kier alpha value is -3.47. The van der Waals surface area contributed by atoms with Gasteiger partial charge in [0.1, 0.15) is 17.4 Å². The second-order valence-electron chi connectivity index (χ2n) is 8.38. The molecule has 8 heteroatoms. The predicted molar refractivity (Wildman–Crippen MR) is 113 cm³/mol. The van der Waals surface area contributed by atoms with Crippen molar-refractivity contribution in [2.24, 2.45) is 5.92 Å². The molecule has 0 aliphatic heterocycles. The van der Waals surface area contributed by atoms with Crippen LogP contribution in [0.3, 0.4) is 0 Å². The van der Waals surface area contributed by atoms with Crippen molar-refractivity contribution in [3.8, 4) is 6.07 Å². The van der Waals surface area contributed by atoms with Gasteiger partial charge in [0, 0.05) is 25.0 Å². The fourth-order valence-corrected chi connectivity index (χ4v) is 3.97. The minimum atomic E-state index is -0.0198. The van der Waals surface area contributed by atoms with E-state index in [4.69, 9.17) is 4.98 Å². The molecule has 4 heterocycles. The fraction of sp³-hybridized carbons (Fsp3) is 0.409. The first-order valence-corrected chi connectivity index (χ1v) is 10.4. The van der Waals surface area contributed by atoms with Crippen molar-refractivity contribution in [1.82, 2.24) is 28.7 Å². The van der Waals surface area contributed by atoms with Crippen molar-refractivity contribution < 1.29 is 0 Å². The smallest absolute Gasteiger partial charge is 0.311 e. The minimum absolute atomic E-state index is 0.0198. The van der Waals surface area contributed by atoms with Crippen molar-refractivity contribution in [3.05, 3.63) is 52.6 Å². The maximum Gasteiger partial charge on any atom is 0.329 e. The standard InChI is InChI=1S/C22H23N7O/c1-14(2)6-8-27-20(26-17-9-15(10-23)11-25-21(17)27)13-28-19-12-24-7-5-18(19)29(22(28)30)16-3-4-16/h5,7,9,11-12,14,16H,3-4,6,8,13H2,1-2H3. The monoisotopic (exact) mass is 401 g/mol. The number of nitrogens with zero attached hydrogens (tertiary/aromatic N) is 7. The lowest BCUT2D eigenvalue weighted by molar-refractivity contribution is 0.505. The Morgan fingerprint density at radius 1 is 1.23 bits per heavy atom. The zero-order chi connectivity index (χ0) is 20.8. The van der Waals surface area contributed by atoms with Gasteiger partial charge in [0.05, 0.1) is 29.3 Å². The van der Waals surface area contributed by atoms with Gasteiger partial charge in [-0.25, -0.2) is 14.8 Å². The van der Waals surface area contributed by atoms with Crippen LogP contribution in [-0.4, -0.2) is 28.7 Å². The van der Waals surface area contributed by atoms with Crippen LogP contribution in [0.1, 0.15) is 50.5 Å². The average Bonchev–Trinajstić information content (AvgIpc) is 3.46. The van der Waals surface area contributed by atoms with Crippen LogP contribution >= 0.6 is 0 Å². The zero-order valence-electron chi connectivity index (χ0n) is 17.1. The van der Waals surface area contributed by atoms with Gasteiger partial charge in [-0.2, -0.15) is 5.26 Å². The Kier molecular flexibility index (Phi) is 4.39. The van der Waals surface area contributed by atoms with Crippen LogP contribution < -0.4 is 5.69 Å². The number of nitriles is 1. The van der Waals surface area contributed by atoms with Crippen molar-refractivity contribution >= 4 is 22.2 Å². The Bertz CT molecular complexity index is 1350. The third kappa shape index (κ3) is 3.07. The molecule has 0 amide bonds. The van der Waals surface area contributed by atoms with Crippen LogP contribution in [0.2, 0.25) is 0 Å². The summed E-state index contributed by atoms with van der Waals surface area (Å²) < 4.78 is 5.74. The highest BCUT2D eigenvalue weighted by Crippen LogP contribution is 2.36. The van der Waals surface area contributed by atoms with E-state index in [1.165, 1.54) is 0 Å². The molecule has 1 aliphatic carbocycles. The molecule has 152 valence electrons. The lowest BCUT2D eigenvalue weighted by atomic mass is 10.1. The number of imidazole rings is 2. The maximum atomic E-state index is 13.3. The largest absolute Gasteiger partial charge is 0.329 e. The highest BCUT2D eigenvalue weighted by atomic mass is 16.1. The number of fused-ring (bicyclic) bond motifs is 2. The first-order chi connectivity index (χ1) is 14.6. The molecule has 0 radical (unpaired) electrons. The van der Waals surface area contributed by atoms with Gasteiger partial charge in [0.15, 0.2) is 5.65 Å². The Morgan fingerprint density at radius 3 is 2.80 bits per heavy atom. The van der Waals surface area contributed by atoms with Gasteiger partial charge in [-0.1, -0.05) is 13.8 Å². The molecule has 0 bridgehead atoms. The van der Waals surface area contributed by atoms with E-state index >= 15 is 0 Å². The van der Waals surface area contributed by atoms with Gasteiger partial charge in [-0.3, -0.25) is 14.1 Å². The summed E-state index contributed by atoms with van der Waals surface area (Å²) in [7, 11) is 0. The molecule has 0 saturated heterocycles. The summed E-state index contributed by atoms with van der Waals surface area (Å²) >= 11 is 0. The molecule has 4 aromatic heterocycles. The molecule has 8 nitrogen and oxygen atoms in total. The molecule has 1 fully saturated rings. The molecular formula is C22H23N7O. The van der Waals surface area contributed by atoms with Gasteiger partial charge in [-0.05, 0) is 37.3 Å². The molecule has 0 aromatic carbocycles. The van der Waals surface area contributed by atoms with Gasteiger partial charge in [-0.15, -0.1) is 0 Å². The summed E-state index contributed by atoms with van der Waals surface area (Å²) in [6.45, 7) is 5.46. The zero-order valence-corrected chi connectivity index (χ0v) is 17.1. The quantitative estimate of drug-likeness (QED) is 0.494. The summed E-state index contributed by atoms with van der Waals surface area (Å²) in [5.74, 6) is 1.30. The lowest BCUT2D eigenvalue weighted by Gasteiger charge is -2.11. The number of pyridine rings is 2. The van der Waals surface area contributed by atoms with E-state index in [9.17, 15) is 10.1 Å². The van der Waals surface area contributed by atoms with Crippen LogP contribution in [0.15, 0.2) is 35.5 Å². The summed E-state index contributed by atoms with van der Waals surface area (Å²) in [5.41, 5.74) is 3.64. The highest BCUT2D eigenvalue weighted by molar-refractivity contribution is 5.76. The number of aryl methyl sites for hydroxylation is 1. The van der Waals surface area contributed by atoms with E-state index in [1.54, 1.807) is 29.2 Å². The van der Waals surface area contributed by atoms with Crippen LogP contribution in [0.4, 0.5) is 0 Å². The lowest BCUT2D eigenvalue weighted by Crippen LogP contribution is -2.25. The molecule has 5 rings (SSSR count). The second-order valence-corrected chi connectivity index (χ2v) is 8.38. The normalized spacial score (nSPS) is 14.1. The van der Waals surface area contributed by atoms with Crippen LogP contribution in [0, 0.1) is 17.2 Å². The summed E-state index contributed by atoms with van der Waals surface area (Å²) in [5, 5.41) is 9.22. The van der Waals surface area contributed by atoms with E-state index < -0.39 is 0 Å². The molecule has 0 unspecified atom stereocenters. The van der Waals surface area contributed by atoms with Gasteiger partial charge >= 0.3 is 5.69 Å². The highest BCUT2D eigenvalue weighted by Gasteiger charge is 2.29. The molecule has 1 aliphatic rings. The third-order valence-corrected chi connectivity index (χ3v) is 5.70. The van der Waals surface area contributed by atoms with Crippen molar-refractivity contribution in [2.75, 3.05) is 0 Å². The van der Waals surface area contributed by atoms with Crippen LogP contribution in [0.25, 0.3) is 22.2 Å². The molecule has 4 aromatic rings. The number of rotatable bonds is 6. The second kappa shape index (κ2) is 7.10. The Balaban J connectivity index is 1.65. The molecule has 1 saturated carbocycles. The molecule has 30 heavy (non-hydrogen) atoms.